The molecule has 0 spiro atoms. The fourth-order valence-electron chi connectivity index (χ4n) is 3.21. The van der Waals surface area contributed by atoms with E-state index in [2.05, 4.69) is 13.2 Å². The number of carbonyl (C=O) groups excluding carboxylic acids is 2. The van der Waals surface area contributed by atoms with Crippen molar-refractivity contribution >= 4 is 11.8 Å². The molecule has 0 aliphatic carbocycles. The number of hydrogen-bond acceptors (Lipinski definition) is 6. The molecule has 31 heavy (non-hydrogen) atoms. The normalized spacial score (nSPS) is 11.2. The fourth-order valence-corrected chi connectivity index (χ4v) is 3.21. The number of ether oxygens (including phenoxy) is 4. The maximum atomic E-state index is 13.4. The Labute approximate surface area is 183 Å². The Morgan fingerprint density at radius 1 is 0.968 bits per heavy atom. The summed E-state index contributed by atoms with van der Waals surface area (Å²) in [4.78, 5) is 26.2. The van der Waals surface area contributed by atoms with Crippen molar-refractivity contribution in [3.63, 3.8) is 0 Å². The van der Waals surface area contributed by atoms with E-state index in [9.17, 15) is 9.59 Å². The van der Waals surface area contributed by atoms with Gasteiger partial charge >= 0.3 is 5.97 Å². The lowest BCUT2D eigenvalue weighted by atomic mass is 9.86. The van der Waals surface area contributed by atoms with Crippen LogP contribution < -0.4 is 14.2 Å². The van der Waals surface area contributed by atoms with Crippen LogP contribution in [-0.2, 0) is 16.0 Å². The van der Waals surface area contributed by atoms with Crippen molar-refractivity contribution in [3.05, 3.63) is 78.4 Å². The summed E-state index contributed by atoms with van der Waals surface area (Å²) in [6.07, 6.45) is 3.77. The molecule has 6 heteroatoms. The summed E-state index contributed by atoms with van der Waals surface area (Å²) in [6, 6.07) is 10.0. The number of benzene rings is 2. The van der Waals surface area contributed by atoms with Crippen molar-refractivity contribution in [3.8, 4) is 17.2 Å². The molecule has 0 saturated carbocycles. The van der Waals surface area contributed by atoms with E-state index in [0.29, 0.717) is 34.8 Å². The van der Waals surface area contributed by atoms with Gasteiger partial charge in [0.05, 0.1) is 14.2 Å². The lowest BCUT2D eigenvalue weighted by Crippen LogP contribution is -2.25. The average Bonchev–Trinajstić information content (AvgIpc) is 2.81. The molecule has 0 heterocycles. The molecule has 0 aliphatic heterocycles. The molecule has 0 radical (unpaired) electrons. The van der Waals surface area contributed by atoms with Crippen molar-refractivity contribution in [1.29, 1.82) is 0 Å². The Bertz CT molecular complexity index is 930. The zero-order valence-corrected chi connectivity index (χ0v) is 18.2. The van der Waals surface area contributed by atoms with Crippen molar-refractivity contribution in [2.75, 3.05) is 27.4 Å². The molecule has 1 unspecified atom stereocenters. The van der Waals surface area contributed by atoms with Gasteiger partial charge in [0, 0.05) is 11.6 Å². The predicted molar refractivity (Wildman–Crippen MR) is 119 cm³/mol. The van der Waals surface area contributed by atoms with Gasteiger partial charge in [0.15, 0.2) is 5.78 Å². The van der Waals surface area contributed by atoms with Crippen LogP contribution in [0.2, 0.25) is 0 Å². The van der Waals surface area contributed by atoms with Crippen molar-refractivity contribution in [1.82, 2.24) is 0 Å². The molecular formula is C25H28O6. The fraction of sp³-hybridized carbons (Fsp3) is 0.280. The molecule has 0 N–H and O–H groups in total. The minimum absolute atomic E-state index is 0.265. The van der Waals surface area contributed by atoms with Crippen molar-refractivity contribution in [2.45, 2.75) is 19.3 Å². The molecule has 1 atom stereocenters. The van der Waals surface area contributed by atoms with E-state index < -0.39 is 11.9 Å². The lowest BCUT2D eigenvalue weighted by molar-refractivity contribution is -0.141. The van der Waals surface area contributed by atoms with Crippen LogP contribution in [0, 0.1) is 0 Å². The van der Waals surface area contributed by atoms with Crippen LogP contribution >= 0.6 is 0 Å². The highest BCUT2D eigenvalue weighted by Gasteiger charge is 2.33. The molecule has 2 rings (SSSR count). The van der Waals surface area contributed by atoms with Crippen LogP contribution in [0.4, 0.5) is 0 Å². The van der Waals surface area contributed by atoms with Crippen LogP contribution in [0.3, 0.4) is 0 Å². The summed E-state index contributed by atoms with van der Waals surface area (Å²) >= 11 is 0. The molecule has 0 bridgehead atoms. The molecular weight excluding hydrogens is 396 g/mol. The Morgan fingerprint density at radius 3 is 2.16 bits per heavy atom. The van der Waals surface area contributed by atoms with Gasteiger partial charge < -0.3 is 18.9 Å². The lowest BCUT2D eigenvalue weighted by Gasteiger charge is -2.21. The number of methoxy groups -OCH3 is 2. The zero-order valence-electron chi connectivity index (χ0n) is 18.2. The van der Waals surface area contributed by atoms with Gasteiger partial charge in [-0.2, -0.15) is 0 Å². The van der Waals surface area contributed by atoms with Crippen LogP contribution in [0.25, 0.3) is 0 Å². The Balaban J connectivity index is 2.64. The molecule has 0 saturated heterocycles. The van der Waals surface area contributed by atoms with Gasteiger partial charge in [-0.25, -0.2) is 0 Å². The highest BCUT2D eigenvalue weighted by atomic mass is 16.5. The van der Waals surface area contributed by atoms with Gasteiger partial charge in [0.25, 0.3) is 0 Å². The van der Waals surface area contributed by atoms with E-state index in [0.717, 1.165) is 5.56 Å². The van der Waals surface area contributed by atoms with E-state index in [-0.39, 0.29) is 19.0 Å². The van der Waals surface area contributed by atoms with E-state index in [1.807, 2.05) is 6.92 Å². The second kappa shape index (κ2) is 11.6. The second-order valence-electron chi connectivity index (χ2n) is 6.59. The molecule has 0 aliphatic rings. The molecule has 0 amide bonds. The first-order valence-corrected chi connectivity index (χ1v) is 9.90. The van der Waals surface area contributed by atoms with E-state index >= 15 is 0 Å². The Morgan fingerprint density at radius 2 is 1.61 bits per heavy atom. The van der Waals surface area contributed by atoms with E-state index in [4.69, 9.17) is 18.9 Å². The monoisotopic (exact) mass is 424 g/mol. The Hall–Kier alpha value is -3.54. The first-order valence-electron chi connectivity index (χ1n) is 9.90. The maximum absolute atomic E-state index is 13.4. The number of carbonyl (C=O) groups is 2. The first kappa shape index (κ1) is 23.7. The number of esters is 1. The average molecular weight is 424 g/mol. The van der Waals surface area contributed by atoms with Gasteiger partial charge in [-0.05, 0) is 47.9 Å². The molecule has 0 fully saturated rings. The highest BCUT2D eigenvalue weighted by molar-refractivity contribution is 6.13. The third-order valence-electron chi connectivity index (χ3n) is 4.68. The van der Waals surface area contributed by atoms with Gasteiger partial charge in [0.2, 0.25) is 0 Å². The molecule has 164 valence electrons. The predicted octanol–water partition coefficient (Wildman–Crippen LogP) is 4.53. The van der Waals surface area contributed by atoms with Gasteiger partial charge in [-0.1, -0.05) is 32.2 Å². The summed E-state index contributed by atoms with van der Waals surface area (Å²) in [5.74, 6) is -0.629. The summed E-state index contributed by atoms with van der Waals surface area (Å²) in [5.41, 5.74) is 1.57. The van der Waals surface area contributed by atoms with Crippen molar-refractivity contribution < 1.29 is 28.5 Å². The second-order valence-corrected chi connectivity index (χ2v) is 6.59. The quantitative estimate of drug-likeness (QED) is 0.216. The minimum atomic E-state index is -1.17. The van der Waals surface area contributed by atoms with Gasteiger partial charge in [-0.15, -0.1) is 0 Å². The highest BCUT2D eigenvalue weighted by Crippen LogP contribution is 2.36. The number of hydrogen-bond donors (Lipinski definition) is 0. The number of Topliss-reactive ketones (excluding diaryl/α,β-unsaturated/α-hetero) is 1. The molecule has 2 aromatic carbocycles. The standard InChI is InChI=1S/C25H28O6/c1-6-13-30-19-15-21(20(8-3)22(16-19)31-14-7-2)23(25(27)29-5)24(26)17-9-11-18(28-4)12-10-17/h6-7,9-12,15-16,23H,1-2,8,13-14H2,3-5H3. The number of ketones is 1. The Kier molecular flexibility index (Phi) is 8.88. The van der Waals surface area contributed by atoms with Crippen LogP contribution in [0.1, 0.15) is 34.3 Å². The topological polar surface area (TPSA) is 71.1 Å². The summed E-state index contributed by atoms with van der Waals surface area (Å²) < 4.78 is 21.7. The summed E-state index contributed by atoms with van der Waals surface area (Å²) in [6.45, 7) is 9.79. The summed E-state index contributed by atoms with van der Waals surface area (Å²) in [7, 11) is 2.80. The largest absolute Gasteiger partial charge is 0.497 e. The SMILES string of the molecule is C=CCOc1cc(OCC=C)c(CC)c(C(C(=O)OC)C(=O)c2ccc(OC)cc2)c1. The molecule has 2 aromatic rings. The van der Waals surface area contributed by atoms with Gasteiger partial charge in [-0.3, -0.25) is 9.59 Å². The van der Waals surface area contributed by atoms with Crippen molar-refractivity contribution in [2.24, 2.45) is 0 Å². The minimum Gasteiger partial charge on any atom is -0.497 e. The van der Waals surface area contributed by atoms with Crippen LogP contribution in [0.15, 0.2) is 61.7 Å². The first-order chi connectivity index (χ1) is 15.0. The maximum Gasteiger partial charge on any atom is 0.321 e. The zero-order chi connectivity index (χ0) is 22.8. The van der Waals surface area contributed by atoms with Crippen LogP contribution in [0.5, 0.6) is 17.2 Å². The number of rotatable bonds is 12. The smallest absolute Gasteiger partial charge is 0.321 e. The summed E-state index contributed by atoms with van der Waals surface area (Å²) in [5, 5.41) is 0. The van der Waals surface area contributed by atoms with Crippen LogP contribution in [-0.4, -0.2) is 39.2 Å². The van der Waals surface area contributed by atoms with E-state index in [1.165, 1.54) is 7.11 Å². The third-order valence-corrected chi connectivity index (χ3v) is 4.68. The molecule has 6 nitrogen and oxygen atoms in total. The van der Waals surface area contributed by atoms with E-state index in [1.54, 1.807) is 55.7 Å². The van der Waals surface area contributed by atoms with Gasteiger partial charge in [0.1, 0.15) is 36.4 Å². The molecule has 0 aromatic heterocycles. The third kappa shape index (κ3) is 5.75.